The molecule has 0 aliphatic carbocycles. The number of rotatable bonds is 7. The number of ether oxygens (including phenoxy) is 2. The van der Waals surface area contributed by atoms with Gasteiger partial charge in [-0.05, 0) is 62.0 Å². The lowest BCUT2D eigenvalue weighted by atomic mass is 10.1. The van der Waals surface area contributed by atoms with E-state index >= 15 is 0 Å². The van der Waals surface area contributed by atoms with Gasteiger partial charge in [0.05, 0.1) is 11.0 Å². The molecule has 0 aromatic heterocycles. The number of nitrogens with zero attached hydrogens (tertiary/aromatic N) is 1. The van der Waals surface area contributed by atoms with Gasteiger partial charge in [-0.2, -0.15) is 0 Å². The Bertz CT molecular complexity index is 1110. The molecule has 6 nitrogen and oxygen atoms in total. The summed E-state index contributed by atoms with van der Waals surface area (Å²) < 4.78 is 11.7. The van der Waals surface area contributed by atoms with Gasteiger partial charge >= 0.3 is 5.97 Å². The predicted molar refractivity (Wildman–Crippen MR) is 129 cm³/mol. The standard InChI is InChI=1S/C22H18BrCl2NO5S/c1-12(2)31-20(27)10-26-21(28)19(32-22(26)29)8-14-7-15(23)4-6-18(14)30-11-13-3-5-16(24)9-17(13)25/h3-9,12H,10-11H2,1-2H3/b19-8-. The summed E-state index contributed by atoms with van der Waals surface area (Å²) in [6, 6.07) is 10.4. The molecule has 1 heterocycles. The molecular formula is C22H18BrCl2NO5S. The van der Waals surface area contributed by atoms with Gasteiger partial charge in [0.15, 0.2) is 0 Å². The lowest BCUT2D eigenvalue weighted by Crippen LogP contribution is -2.35. The molecule has 2 aromatic carbocycles. The minimum absolute atomic E-state index is 0.180. The summed E-state index contributed by atoms with van der Waals surface area (Å²) in [6.45, 7) is 3.13. The number of carbonyl (C=O) groups excluding carboxylic acids is 3. The maximum Gasteiger partial charge on any atom is 0.326 e. The van der Waals surface area contributed by atoms with Crippen molar-refractivity contribution < 1.29 is 23.9 Å². The van der Waals surface area contributed by atoms with Gasteiger partial charge in [0.2, 0.25) is 0 Å². The molecule has 3 rings (SSSR count). The second-order valence-electron chi connectivity index (χ2n) is 7.01. The second kappa shape index (κ2) is 10.7. The van der Waals surface area contributed by atoms with Crippen LogP contribution in [0.15, 0.2) is 45.8 Å². The van der Waals surface area contributed by atoms with Crippen LogP contribution in [0.25, 0.3) is 6.08 Å². The number of imide groups is 1. The van der Waals surface area contributed by atoms with Gasteiger partial charge in [0.25, 0.3) is 11.1 Å². The lowest BCUT2D eigenvalue weighted by Gasteiger charge is -2.13. The van der Waals surface area contributed by atoms with E-state index in [-0.39, 0.29) is 17.6 Å². The van der Waals surface area contributed by atoms with Gasteiger partial charge in [-0.1, -0.05) is 45.2 Å². The van der Waals surface area contributed by atoms with Crippen LogP contribution in [0.1, 0.15) is 25.0 Å². The van der Waals surface area contributed by atoms with Crippen molar-refractivity contribution in [3.05, 3.63) is 66.9 Å². The smallest absolute Gasteiger partial charge is 0.326 e. The van der Waals surface area contributed by atoms with E-state index in [9.17, 15) is 14.4 Å². The van der Waals surface area contributed by atoms with Crippen molar-refractivity contribution in [2.75, 3.05) is 6.54 Å². The molecule has 1 fully saturated rings. The van der Waals surface area contributed by atoms with Crippen LogP contribution < -0.4 is 4.74 Å². The average Bonchev–Trinajstić information content (AvgIpc) is 2.95. The minimum Gasteiger partial charge on any atom is -0.488 e. The number of halogens is 3. The fraction of sp³-hybridized carbons (Fsp3) is 0.227. The van der Waals surface area contributed by atoms with Crippen molar-refractivity contribution >= 4 is 74.1 Å². The van der Waals surface area contributed by atoms with Crippen molar-refractivity contribution in [2.24, 2.45) is 0 Å². The molecule has 0 atom stereocenters. The Morgan fingerprint density at radius 2 is 1.94 bits per heavy atom. The van der Waals surface area contributed by atoms with Crippen LogP contribution in [0.4, 0.5) is 4.79 Å². The Labute approximate surface area is 208 Å². The monoisotopic (exact) mass is 557 g/mol. The number of hydrogen-bond acceptors (Lipinski definition) is 6. The molecule has 10 heteroatoms. The van der Waals surface area contributed by atoms with E-state index in [2.05, 4.69) is 15.9 Å². The third-order valence-corrected chi connectivity index (χ3v) is 6.17. The molecule has 2 aromatic rings. The maximum atomic E-state index is 12.7. The molecule has 0 unspecified atom stereocenters. The zero-order chi connectivity index (χ0) is 23.4. The first-order valence-corrected chi connectivity index (χ1v) is 11.8. The van der Waals surface area contributed by atoms with Crippen molar-refractivity contribution in [3.63, 3.8) is 0 Å². The normalized spacial score (nSPS) is 15.1. The number of hydrogen-bond donors (Lipinski definition) is 0. The largest absolute Gasteiger partial charge is 0.488 e. The molecule has 0 spiro atoms. The summed E-state index contributed by atoms with van der Waals surface area (Å²) in [7, 11) is 0. The van der Waals surface area contributed by atoms with E-state index in [1.807, 2.05) is 0 Å². The van der Waals surface area contributed by atoms with E-state index in [1.165, 1.54) is 0 Å². The maximum absolute atomic E-state index is 12.7. The van der Waals surface area contributed by atoms with Crippen molar-refractivity contribution in [2.45, 2.75) is 26.6 Å². The van der Waals surface area contributed by atoms with Gasteiger partial charge in [0, 0.05) is 25.6 Å². The summed E-state index contributed by atoms with van der Waals surface area (Å²) in [5.74, 6) is -0.715. The number of amides is 2. The highest BCUT2D eigenvalue weighted by Gasteiger charge is 2.37. The molecule has 0 saturated carbocycles. The second-order valence-corrected chi connectivity index (χ2v) is 9.77. The molecule has 1 aliphatic rings. The number of carbonyl (C=O) groups is 3. The third-order valence-electron chi connectivity index (χ3n) is 4.18. The van der Waals surface area contributed by atoms with Gasteiger partial charge in [0.1, 0.15) is 18.9 Å². The van der Waals surface area contributed by atoms with Gasteiger partial charge in [-0.25, -0.2) is 0 Å². The molecule has 0 N–H and O–H groups in total. The van der Waals surface area contributed by atoms with E-state index in [0.29, 0.717) is 21.4 Å². The van der Waals surface area contributed by atoms with E-state index < -0.39 is 23.7 Å². The summed E-state index contributed by atoms with van der Waals surface area (Å²) >= 11 is 16.3. The molecule has 1 aliphatic heterocycles. The Hall–Kier alpha value is -2.00. The zero-order valence-electron chi connectivity index (χ0n) is 17.1. The topological polar surface area (TPSA) is 72.9 Å². The van der Waals surface area contributed by atoms with Gasteiger partial charge in [-0.3, -0.25) is 19.3 Å². The van der Waals surface area contributed by atoms with Crippen LogP contribution in [-0.2, 0) is 20.9 Å². The minimum atomic E-state index is -0.644. The van der Waals surface area contributed by atoms with E-state index in [0.717, 1.165) is 26.7 Å². The number of esters is 1. The fourth-order valence-corrected chi connectivity index (χ4v) is 4.44. The van der Waals surface area contributed by atoms with Crippen LogP contribution in [0, 0.1) is 0 Å². The van der Waals surface area contributed by atoms with Gasteiger partial charge < -0.3 is 9.47 Å². The molecule has 2 amide bonds. The highest BCUT2D eigenvalue weighted by atomic mass is 79.9. The summed E-state index contributed by atoms with van der Waals surface area (Å²) in [4.78, 5) is 37.9. The Balaban J connectivity index is 1.80. The Morgan fingerprint density at radius 1 is 1.19 bits per heavy atom. The van der Waals surface area contributed by atoms with Crippen LogP contribution in [-0.4, -0.2) is 34.7 Å². The van der Waals surface area contributed by atoms with Gasteiger partial charge in [-0.15, -0.1) is 0 Å². The lowest BCUT2D eigenvalue weighted by molar-refractivity contribution is -0.149. The molecule has 0 bridgehead atoms. The van der Waals surface area contributed by atoms with Crippen LogP contribution in [0.5, 0.6) is 5.75 Å². The fourth-order valence-electron chi connectivity index (χ4n) is 2.76. The van der Waals surface area contributed by atoms with Crippen molar-refractivity contribution in [1.82, 2.24) is 4.90 Å². The predicted octanol–water partition coefficient (Wildman–Crippen LogP) is 6.32. The van der Waals surface area contributed by atoms with Crippen LogP contribution >= 0.6 is 50.9 Å². The summed E-state index contributed by atoms with van der Waals surface area (Å²) in [5.41, 5.74) is 1.33. The highest BCUT2D eigenvalue weighted by molar-refractivity contribution is 9.10. The SMILES string of the molecule is CC(C)OC(=O)CN1C(=O)S/C(=C\c2cc(Br)ccc2OCc2ccc(Cl)cc2Cl)C1=O. The molecule has 0 radical (unpaired) electrons. The first-order valence-electron chi connectivity index (χ1n) is 9.45. The van der Waals surface area contributed by atoms with Crippen molar-refractivity contribution in [3.8, 4) is 5.75 Å². The number of thioether (sulfide) groups is 1. The Morgan fingerprint density at radius 3 is 2.62 bits per heavy atom. The first-order chi connectivity index (χ1) is 15.1. The van der Waals surface area contributed by atoms with Crippen LogP contribution in [0.2, 0.25) is 10.0 Å². The zero-order valence-corrected chi connectivity index (χ0v) is 21.0. The molecule has 1 saturated heterocycles. The Kier molecular flexibility index (Phi) is 8.27. The van der Waals surface area contributed by atoms with Crippen molar-refractivity contribution in [1.29, 1.82) is 0 Å². The highest BCUT2D eigenvalue weighted by Crippen LogP contribution is 2.35. The summed E-state index contributed by atoms with van der Waals surface area (Å²) in [5, 5.41) is 0.467. The number of benzene rings is 2. The van der Waals surface area contributed by atoms with Crippen LogP contribution in [0.3, 0.4) is 0 Å². The van der Waals surface area contributed by atoms with E-state index in [1.54, 1.807) is 56.3 Å². The molecular weight excluding hydrogens is 541 g/mol. The average molecular weight is 559 g/mol. The third kappa shape index (κ3) is 6.28. The van der Waals surface area contributed by atoms with E-state index in [4.69, 9.17) is 32.7 Å². The molecule has 168 valence electrons. The molecule has 32 heavy (non-hydrogen) atoms. The quantitative estimate of drug-likeness (QED) is 0.292. The summed E-state index contributed by atoms with van der Waals surface area (Å²) in [6.07, 6.45) is 1.22. The first kappa shape index (κ1) is 24.6.